The second-order valence-corrected chi connectivity index (χ2v) is 9.98. The van der Waals surface area contributed by atoms with Crippen molar-refractivity contribution in [2.45, 2.75) is 40.2 Å². The van der Waals surface area contributed by atoms with Gasteiger partial charge in [0.1, 0.15) is 35.0 Å². The second-order valence-electron chi connectivity index (χ2n) is 9.57. The van der Waals surface area contributed by atoms with E-state index in [-0.39, 0.29) is 11.5 Å². The smallest absolute Gasteiger partial charge is 0.298 e. The second kappa shape index (κ2) is 10.3. The summed E-state index contributed by atoms with van der Waals surface area (Å²) < 4.78 is 13.1. The molecule has 0 aliphatic heterocycles. The fourth-order valence-corrected chi connectivity index (χ4v) is 4.69. The molecule has 38 heavy (non-hydrogen) atoms. The zero-order valence-corrected chi connectivity index (χ0v) is 22.8. The molecule has 2 heterocycles. The number of methoxy groups -OCH3 is 1. The van der Waals surface area contributed by atoms with E-state index in [1.165, 1.54) is 4.68 Å². The number of benzene rings is 3. The number of aromatic nitrogens is 3. The van der Waals surface area contributed by atoms with Crippen LogP contribution in [0.1, 0.15) is 47.8 Å². The Morgan fingerprint density at radius 1 is 1.11 bits per heavy atom. The van der Waals surface area contributed by atoms with Crippen molar-refractivity contribution in [2.24, 2.45) is 5.10 Å². The monoisotopic (exact) mass is 528 g/mol. The summed E-state index contributed by atoms with van der Waals surface area (Å²) in [6.07, 6.45) is 1.64. The molecule has 7 nitrogen and oxygen atoms in total. The molecule has 0 saturated carbocycles. The number of fused-ring (bicyclic) bond motifs is 3. The van der Waals surface area contributed by atoms with E-state index in [9.17, 15) is 4.79 Å². The van der Waals surface area contributed by atoms with Gasteiger partial charge in [0.15, 0.2) is 0 Å². The summed E-state index contributed by atoms with van der Waals surface area (Å²) >= 11 is 6.35. The predicted octanol–water partition coefficient (Wildman–Crippen LogP) is 6.74. The normalized spacial score (nSPS) is 11.8. The fourth-order valence-electron chi connectivity index (χ4n) is 4.51. The van der Waals surface area contributed by atoms with Gasteiger partial charge in [0, 0.05) is 21.5 Å². The summed E-state index contributed by atoms with van der Waals surface area (Å²) in [5, 5.41) is 6.11. The summed E-state index contributed by atoms with van der Waals surface area (Å²) in [7, 11) is 1.63. The van der Waals surface area contributed by atoms with Crippen LogP contribution in [0.15, 0.2) is 64.5 Å². The van der Waals surface area contributed by atoms with Crippen LogP contribution in [0, 0.1) is 13.8 Å². The summed E-state index contributed by atoms with van der Waals surface area (Å²) in [6.45, 7) is 8.25. The van der Waals surface area contributed by atoms with Crippen LogP contribution in [0.5, 0.6) is 11.5 Å². The number of para-hydroxylation sites is 1. The molecular weight excluding hydrogens is 500 g/mol. The third-order valence-corrected chi connectivity index (χ3v) is 7.00. The maximum absolute atomic E-state index is 13.2. The van der Waals surface area contributed by atoms with Gasteiger partial charge < -0.3 is 14.5 Å². The zero-order valence-electron chi connectivity index (χ0n) is 22.0. The van der Waals surface area contributed by atoms with E-state index < -0.39 is 0 Å². The maximum atomic E-state index is 13.2. The highest BCUT2D eigenvalue weighted by molar-refractivity contribution is 6.31. The molecule has 0 radical (unpaired) electrons. The zero-order chi connectivity index (χ0) is 27.0. The first-order chi connectivity index (χ1) is 18.3. The number of rotatable bonds is 7. The fraction of sp³-hybridized carbons (Fsp3) is 0.233. The molecule has 3 aromatic carbocycles. The number of halogens is 1. The van der Waals surface area contributed by atoms with Crippen molar-refractivity contribution < 1.29 is 9.47 Å². The topological polar surface area (TPSA) is 81.5 Å². The molecule has 0 aliphatic carbocycles. The molecule has 0 aliphatic rings. The molecule has 0 fully saturated rings. The first-order valence-electron chi connectivity index (χ1n) is 12.4. The molecule has 0 unspecified atom stereocenters. The quantitative estimate of drug-likeness (QED) is 0.237. The Kier molecular flexibility index (Phi) is 6.95. The van der Waals surface area contributed by atoms with E-state index >= 15 is 0 Å². The molecule has 0 atom stereocenters. The summed E-state index contributed by atoms with van der Waals surface area (Å²) in [5.41, 5.74) is 5.35. The molecule has 2 aromatic heterocycles. The lowest BCUT2D eigenvalue weighted by Gasteiger charge is -2.17. The van der Waals surface area contributed by atoms with Crippen LogP contribution in [0.3, 0.4) is 0 Å². The van der Waals surface area contributed by atoms with E-state index in [1.807, 2.05) is 61.5 Å². The number of nitrogens with one attached hydrogen (secondary N) is 1. The van der Waals surface area contributed by atoms with Gasteiger partial charge in [-0.15, -0.1) is 0 Å². The van der Waals surface area contributed by atoms with Gasteiger partial charge in [0.25, 0.3) is 5.56 Å². The average Bonchev–Trinajstić information content (AvgIpc) is 3.27. The number of ether oxygens (including phenoxy) is 2. The molecular formula is C30H29ClN4O3. The SMILES string of the molecule is COc1ccc(C=Nn2c(C)nc3c([nH]c4ccccc43)c2=O)cc1COc1cc(C)c(Cl)cc1C(C)C. The first-order valence-corrected chi connectivity index (χ1v) is 12.8. The Bertz CT molecular complexity index is 1750. The molecule has 0 saturated heterocycles. The number of hydrogen-bond acceptors (Lipinski definition) is 5. The van der Waals surface area contributed by atoms with Gasteiger partial charge in [-0.2, -0.15) is 9.78 Å². The van der Waals surface area contributed by atoms with Crippen LogP contribution in [0.4, 0.5) is 0 Å². The van der Waals surface area contributed by atoms with Crippen molar-refractivity contribution in [2.75, 3.05) is 7.11 Å². The number of hydrogen-bond donors (Lipinski definition) is 1. The van der Waals surface area contributed by atoms with Crippen LogP contribution < -0.4 is 15.0 Å². The van der Waals surface area contributed by atoms with Crippen molar-refractivity contribution in [3.63, 3.8) is 0 Å². The molecule has 5 rings (SSSR count). The number of aryl methyl sites for hydroxylation is 2. The first kappa shape index (κ1) is 25.5. The highest BCUT2D eigenvalue weighted by atomic mass is 35.5. The summed E-state index contributed by atoms with van der Waals surface area (Å²) in [6, 6.07) is 17.4. The van der Waals surface area contributed by atoms with Crippen molar-refractivity contribution in [1.82, 2.24) is 14.6 Å². The van der Waals surface area contributed by atoms with Crippen molar-refractivity contribution in [1.29, 1.82) is 0 Å². The Hall–Kier alpha value is -4.10. The molecule has 194 valence electrons. The minimum atomic E-state index is -0.253. The van der Waals surface area contributed by atoms with E-state index in [4.69, 9.17) is 21.1 Å². The maximum Gasteiger partial charge on any atom is 0.298 e. The van der Waals surface area contributed by atoms with Crippen molar-refractivity contribution in [3.8, 4) is 11.5 Å². The number of H-pyrrole nitrogens is 1. The number of nitrogens with zero attached hydrogens (tertiary/aromatic N) is 3. The summed E-state index contributed by atoms with van der Waals surface area (Å²) in [4.78, 5) is 21.1. The lowest BCUT2D eigenvalue weighted by molar-refractivity contribution is 0.292. The average molecular weight is 529 g/mol. The Balaban J connectivity index is 1.46. The standard InChI is InChI=1S/C30H29ClN4O3/c1-17(2)23-14-24(31)18(3)12-27(23)38-16-21-13-20(10-11-26(21)37-5)15-32-35-19(4)33-28-22-8-6-7-9-25(22)34-29(28)30(35)36/h6-15,17,34H,16H2,1-5H3. The van der Waals surface area contributed by atoms with E-state index in [0.717, 1.165) is 43.9 Å². The third kappa shape index (κ3) is 4.77. The van der Waals surface area contributed by atoms with Crippen LogP contribution in [0.2, 0.25) is 5.02 Å². The molecule has 0 amide bonds. The van der Waals surface area contributed by atoms with Gasteiger partial charge in [-0.25, -0.2) is 4.98 Å². The van der Waals surface area contributed by atoms with Gasteiger partial charge in [-0.05, 0) is 72.9 Å². The van der Waals surface area contributed by atoms with Crippen LogP contribution >= 0.6 is 11.6 Å². The van der Waals surface area contributed by atoms with E-state index in [1.54, 1.807) is 20.2 Å². The molecule has 5 aromatic rings. The molecule has 0 bridgehead atoms. The minimum absolute atomic E-state index is 0.253. The largest absolute Gasteiger partial charge is 0.496 e. The molecule has 0 spiro atoms. The highest BCUT2D eigenvalue weighted by Gasteiger charge is 2.14. The van der Waals surface area contributed by atoms with Crippen molar-refractivity contribution in [3.05, 3.63) is 98.1 Å². The van der Waals surface area contributed by atoms with Crippen LogP contribution in [-0.4, -0.2) is 28.0 Å². The van der Waals surface area contributed by atoms with E-state index in [2.05, 4.69) is 28.9 Å². The third-order valence-electron chi connectivity index (χ3n) is 6.59. The Morgan fingerprint density at radius 2 is 1.89 bits per heavy atom. The Labute approximate surface area is 225 Å². The van der Waals surface area contributed by atoms with Gasteiger partial charge in [-0.3, -0.25) is 4.79 Å². The van der Waals surface area contributed by atoms with Crippen LogP contribution in [0.25, 0.3) is 21.9 Å². The lowest BCUT2D eigenvalue weighted by atomic mass is 10.0. The minimum Gasteiger partial charge on any atom is -0.496 e. The van der Waals surface area contributed by atoms with Crippen molar-refractivity contribution >= 4 is 39.8 Å². The van der Waals surface area contributed by atoms with Gasteiger partial charge in [0.05, 0.1) is 13.3 Å². The highest BCUT2D eigenvalue weighted by Crippen LogP contribution is 2.33. The molecule has 1 N–H and O–H groups in total. The van der Waals surface area contributed by atoms with Gasteiger partial charge in [-0.1, -0.05) is 43.6 Å². The molecule has 8 heteroatoms. The lowest BCUT2D eigenvalue weighted by Crippen LogP contribution is -2.20. The van der Waals surface area contributed by atoms with Gasteiger partial charge in [0.2, 0.25) is 0 Å². The van der Waals surface area contributed by atoms with Crippen LogP contribution in [-0.2, 0) is 6.61 Å². The Morgan fingerprint density at radius 3 is 2.66 bits per heavy atom. The number of aromatic amines is 1. The van der Waals surface area contributed by atoms with E-state index in [0.29, 0.717) is 29.2 Å². The summed E-state index contributed by atoms with van der Waals surface area (Å²) in [5.74, 6) is 2.25. The predicted molar refractivity (Wildman–Crippen MR) is 153 cm³/mol. The van der Waals surface area contributed by atoms with Gasteiger partial charge >= 0.3 is 0 Å².